The van der Waals surface area contributed by atoms with Gasteiger partial charge in [-0.3, -0.25) is 0 Å². The Kier molecular flexibility index (Phi) is 7.28. The van der Waals surface area contributed by atoms with E-state index in [9.17, 15) is 8.42 Å². The van der Waals surface area contributed by atoms with Crippen LogP contribution in [0.3, 0.4) is 0 Å². The molecule has 2 aromatic heterocycles. The molecular formula is C26H35N3O4S. The van der Waals surface area contributed by atoms with Gasteiger partial charge in [-0.2, -0.15) is 0 Å². The third-order valence-corrected chi connectivity index (χ3v) is 8.18. The number of aliphatic hydroxyl groups excluding tert-OH is 1. The molecule has 0 radical (unpaired) electrons. The van der Waals surface area contributed by atoms with E-state index < -0.39 is 9.84 Å². The normalized spacial score (nSPS) is 15.6. The highest BCUT2D eigenvalue weighted by Gasteiger charge is 2.27. The number of sulfone groups is 1. The van der Waals surface area contributed by atoms with Crippen LogP contribution in [0.15, 0.2) is 46.3 Å². The van der Waals surface area contributed by atoms with Gasteiger partial charge in [0.05, 0.1) is 27.4 Å². The molecule has 0 amide bonds. The Morgan fingerprint density at radius 3 is 2.53 bits per heavy atom. The fourth-order valence-corrected chi connectivity index (χ4v) is 5.96. The molecule has 2 heterocycles. The third-order valence-electron chi connectivity index (χ3n) is 6.44. The molecule has 1 aliphatic rings. The van der Waals surface area contributed by atoms with Gasteiger partial charge in [-0.25, -0.2) is 18.4 Å². The van der Waals surface area contributed by atoms with Crippen molar-refractivity contribution in [3.63, 3.8) is 0 Å². The molecule has 34 heavy (non-hydrogen) atoms. The predicted molar refractivity (Wildman–Crippen MR) is 132 cm³/mol. The third kappa shape index (κ3) is 5.28. The van der Waals surface area contributed by atoms with Crippen LogP contribution in [-0.2, 0) is 21.8 Å². The van der Waals surface area contributed by atoms with Crippen molar-refractivity contribution in [1.29, 1.82) is 0 Å². The van der Waals surface area contributed by atoms with Gasteiger partial charge in [0.1, 0.15) is 5.82 Å². The lowest BCUT2D eigenvalue weighted by Gasteiger charge is -2.26. The van der Waals surface area contributed by atoms with Crippen molar-refractivity contribution in [2.24, 2.45) is 5.92 Å². The smallest absolute Gasteiger partial charge is 0.214 e. The van der Waals surface area contributed by atoms with Crippen molar-refractivity contribution >= 4 is 20.9 Å². The van der Waals surface area contributed by atoms with Crippen molar-refractivity contribution in [2.75, 3.05) is 13.2 Å². The van der Waals surface area contributed by atoms with E-state index in [2.05, 4.69) is 30.3 Å². The maximum Gasteiger partial charge on any atom is 0.214 e. The maximum atomic E-state index is 13.4. The first kappa shape index (κ1) is 24.7. The van der Waals surface area contributed by atoms with Gasteiger partial charge in [0, 0.05) is 37.3 Å². The van der Waals surface area contributed by atoms with E-state index in [1.54, 1.807) is 12.1 Å². The standard InChI is InChI=1S/C26H35N3O4S/c1-26(2,3)25-28-22-16-20(10-11-23(22)29(25)18-19-8-5-4-6-9-19)34(31,32)21-12-13-27-24(17-21)33-15-7-14-30/h10-13,16-17,19,30H,4-9,14-15,18H2,1-3H3. The number of imidazole rings is 1. The average Bonchev–Trinajstić information content (AvgIpc) is 3.18. The summed E-state index contributed by atoms with van der Waals surface area (Å²) in [6.07, 6.45) is 8.23. The maximum absolute atomic E-state index is 13.4. The first-order valence-corrected chi connectivity index (χ1v) is 13.6. The summed E-state index contributed by atoms with van der Waals surface area (Å²) in [6, 6.07) is 8.16. The van der Waals surface area contributed by atoms with Crippen LogP contribution in [-0.4, -0.2) is 41.3 Å². The van der Waals surface area contributed by atoms with Crippen molar-refractivity contribution in [2.45, 2.75) is 81.0 Å². The van der Waals surface area contributed by atoms with Gasteiger partial charge in [0.25, 0.3) is 0 Å². The summed E-state index contributed by atoms with van der Waals surface area (Å²) in [5.41, 5.74) is 1.53. The lowest BCUT2D eigenvalue weighted by atomic mass is 9.88. The summed E-state index contributed by atoms with van der Waals surface area (Å²) >= 11 is 0. The topological polar surface area (TPSA) is 94.3 Å². The minimum absolute atomic E-state index is 0.00194. The van der Waals surface area contributed by atoms with E-state index in [4.69, 9.17) is 14.8 Å². The number of benzene rings is 1. The Labute approximate surface area is 202 Å². The lowest BCUT2D eigenvalue weighted by molar-refractivity contribution is 0.229. The zero-order chi connectivity index (χ0) is 24.3. The van der Waals surface area contributed by atoms with E-state index in [1.807, 2.05) is 6.07 Å². The van der Waals surface area contributed by atoms with Crippen LogP contribution in [0.2, 0.25) is 0 Å². The highest BCUT2D eigenvalue weighted by molar-refractivity contribution is 7.91. The number of nitrogens with zero attached hydrogens (tertiary/aromatic N) is 3. The minimum Gasteiger partial charge on any atom is -0.478 e. The molecule has 3 aromatic rings. The molecule has 1 fully saturated rings. The van der Waals surface area contributed by atoms with Crippen molar-refractivity contribution < 1.29 is 18.3 Å². The molecule has 1 aliphatic carbocycles. The first-order chi connectivity index (χ1) is 16.2. The van der Waals surface area contributed by atoms with Crippen LogP contribution < -0.4 is 4.74 Å². The highest BCUT2D eigenvalue weighted by Crippen LogP contribution is 2.33. The van der Waals surface area contributed by atoms with Crippen LogP contribution in [0, 0.1) is 5.92 Å². The molecule has 8 heteroatoms. The van der Waals surface area contributed by atoms with Crippen LogP contribution in [0.1, 0.15) is 65.1 Å². The van der Waals surface area contributed by atoms with Crippen molar-refractivity contribution in [3.05, 3.63) is 42.4 Å². The van der Waals surface area contributed by atoms with E-state index in [0.717, 1.165) is 17.9 Å². The molecule has 4 rings (SSSR count). The van der Waals surface area contributed by atoms with E-state index in [-0.39, 0.29) is 34.3 Å². The zero-order valence-corrected chi connectivity index (χ0v) is 21.1. The lowest BCUT2D eigenvalue weighted by Crippen LogP contribution is -2.22. The largest absolute Gasteiger partial charge is 0.478 e. The minimum atomic E-state index is -3.77. The number of fused-ring (bicyclic) bond motifs is 1. The zero-order valence-electron chi connectivity index (χ0n) is 20.3. The van der Waals surface area contributed by atoms with Gasteiger partial charge in [-0.15, -0.1) is 0 Å². The second-order valence-corrected chi connectivity index (χ2v) is 12.2. The van der Waals surface area contributed by atoms with E-state index >= 15 is 0 Å². The summed E-state index contributed by atoms with van der Waals surface area (Å²) in [5, 5.41) is 8.92. The fourth-order valence-electron chi connectivity index (χ4n) is 4.68. The number of aromatic nitrogens is 3. The first-order valence-electron chi connectivity index (χ1n) is 12.2. The molecule has 0 bridgehead atoms. The van der Waals surface area contributed by atoms with Gasteiger partial charge < -0.3 is 14.4 Å². The highest BCUT2D eigenvalue weighted by atomic mass is 32.2. The second-order valence-electron chi connectivity index (χ2n) is 10.2. The molecular weight excluding hydrogens is 450 g/mol. The molecule has 184 valence electrons. The van der Waals surface area contributed by atoms with Crippen molar-refractivity contribution in [3.8, 4) is 5.88 Å². The number of aliphatic hydroxyl groups is 1. The van der Waals surface area contributed by atoms with Crippen LogP contribution in [0.25, 0.3) is 11.0 Å². The molecule has 1 N–H and O–H groups in total. The van der Waals surface area contributed by atoms with Gasteiger partial charge in [-0.05, 0) is 43.0 Å². The molecule has 0 spiro atoms. The van der Waals surface area contributed by atoms with Gasteiger partial charge in [0.15, 0.2) is 0 Å². The summed E-state index contributed by atoms with van der Waals surface area (Å²) in [5.74, 6) is 1.85. The van der Waals surface area contributed by atoms with Gasteiger partial charge in [0.2, 0.25) is 15.7 Å². The van der Waals surface area contributed by atoms with E-state index in [1.165, 1.54) is 50.4 Å². The SMILES string of the molecule is CC(C)(C)c1nc2cc(S(=O)(=O)c3ccnc(OCCCO)c3)ccc2n1CC1CCCCC1. The quantitative estimate of drug-likeness (QED) is 0.456. The second kappa shape index (κ2) is 10.0. The summed E-state index contributed by atoms with van der Waals surface area (Å²) in [6.45, 7) is 7.65. The summed E-state index contributed by atoms with van der Waals surface area (Å²) in [7, 11) is -3.77. The Balaban J connectivity index is 1.70. The molecule has 0 atom stereocenters. The molecule has 0 unspecified atom stereocenters. The predicted octanol–water partition coefficient (Wildman–Crippen LogP) is 4.90. The Morgan fingerprint density at radius 2 is 1.82 bits per heavy atom. The molecule has 7 nitrogen and oxygen atoms in total. The number of rotatable bonds is 8. The Morgan fingerprint density at radius 1 is 1.09 bits per heavy atom. The monoisotopic (exact) mass is 485 g/mol. The van der Waals surface area contributed by atoms with Crippen molar-refractivity contribution in [1.82, 2.24) is 14.5 Å². The van der Waals surface area contributed by atoms with Crippen LogP contribution >= 0.6 is 0 Å². The molecule has 1 aromatic carbocycles. The summed E-state index contributed by atoms with van der Waals surface area (Å²) in [4.78, 5) is 9.33. The number of hydrogen-bond donors (Lipinski definition) is 1. The van der Waals surface area contributed by atoms with Gasteiger partial charge in [-0.1, -0.05) is 40.0 Å². The number of pyridine rings is 1. The average molecular weight is 486 g/mol. The molecule has 0 aliphatic heterocycles. The molecule has 1 saturated carbocycles. The van der Waals surface area contributed by atoms with Crippen LogP contribution in [0.5, 0.6) is 5.88 Å². The molecule has 0 saturated heterocycles. The number of ether oxygens (including phenoxy) is 1. The Bertz CT molecular complexity index is 1240. The van der Waals surface area contributed by atoms with Gasteiger partial charge >= 0.3 is 0 Å². The number of hydrogen-bond acceptors (Lipinski definition) is 6. The van der Waals surface area contributed by atoms with E-state index in [0.29, 0.717) is 17.9 Å². The van der Waals surface area contributed by atoms with Crippen LogP contribution in [0.4, 0.5) is 0 Å². The Hall–Kier alpha value is -2.45. The fraction of sp³-hybridized carbons (Fsp3) is 0.538. The summed E-state index contributed by atoms with van der Waals surface area (Å²) < 4.78 is 34.6.